The Labute approximate surface area is 154 Å². The van der Waals surface area contributed by atoms with Gasteiger partial charge in [-0.3, -0.25) is 4.79 Å². The predicted molar refractivity (Wildman–Crippen MR) is 107 cm³/mol. The first-order valence-electron chi connectivity index (χ1n) is 7.57. The summed E-state index contributed by atoms with van der Waals surface area (Å²) in [5.74, 6) is 0.131. The van der Waals surface area contributed by atoms with E-state index in [1.807, 2.05) is 45.1 Å². The van der Waals surface area contributed by atoms with Crippen LogP contribution in [0.5, 0.6) is 5.75 Å². The van der Waals surface area contributed by atoms with Crippen molar-refractivity contribution >= 4 is 54.8 Å². The lowest BCUT2D eigenvalue weighted by atomic mass is 10.1. The minimum absolute atomic E-state index is 0.114. The largest absolute Gasteiger partial charge is 0.481 e. The summed E-state index contributed by atoms with van der Waals surface area (Å²) in [6, 6.07) is 3.96. The number of amides is 1. The Balaban J connectivity index is 2.23. The van der Waals surface area contributed by atoms with Crippen LogP contribution in [0.3, 0.4) is 0 Å². The number of hydrogen-bond donors (Lipinski definition) is 1. The molecule has 1 aromatic rings. The molecule has 0 aliphatic carbocycles. The second-order valence-corrected chi connectivity index (χ2v) is 8.16. The maximum absolute atomic E-state index is 11.4. The van der Waals surface area contributed by atoms with E-state index in [1.165, 1.54) is 7.11 Å². The van der Waals surface area contributed by atoms with E-state index in [4.69, 9.17) is 17.0 Å². The van der Waals surface area contributed by atoms with Gasteiger partial charge in [0.2, 0.25) is 5.91 Å². The van der Waals surface area contributed by atoms with Gasteiger partial charge in [-0.15, -0.1) is 5.37 Å². The predicted octanol–water partition coefficient (Wildman–Crippen LogP) is 1.90. The van der Waals surface area contributed by atoms with Crippen LogP contribution in [0.4, 0.5) is 0 Å². The molecule has 0 saturated carbocycles. The van der Waals surface area contributed by atoms with Gasteiger partial charge in [-0.05, 0) is 47.0 Å². The first kappa shape index (κ1) is 19.2. The number of carbonyl (C=O) groups excluding carboxylic acids is 2. The van der Waals surface area contributed by atoms with Crippen molar-refractivity contribution in [3.8, 4) is 5.75 Å². The van der Waals surface area contributed by atoms with Crippen LogP contribution < -0.4 is 10.1 Å². The zero-order chi connectivity index (χ0) is 18.6. The van der Waals surface area contributed by atoms with Crippen LogP contribution in [0.15, 0.2) is 18.2 Å². The molecule has 0 aromatic heterocycles. The number of methoxy groups -OCH3 is 1. The van der Waals surface area contributed by atoms with Crippen LogP contribution >= 0.6 is 12.2 Å². The summed E-state index contributed by atoms with van der Waals surface area (Å²) in [6.07, 6.45) is 3.95. The summed E-state index contributed by atoms with van der Waals surface area (Å²) in [6.45, 7) is 5.70. The number of thiocarbonyl (C=S) groups is 1. The topological polar surface area (TPSA) is 64.6 Å². The van der Waals surface area contributed by atoms with E-state index in [0.29, 0.717) is 10.1 Å². The van der Waals surface area contributed by atoms with Crippen molar-refractivity contribution in [2.24, 2.45) is 0 Å². The fourth-order valence-electron chi connectivity index (χ4n) is 2.37. The van der Waals surface area contributed by atoms with Gasteiger partial charge in [0.15, 0.2) is 6.61 Å². The molecule has 0 atom stereocenters. The summed E-state index contributed by atoms with van der Waals surface area (Å²) in [5.41, 5.74) is 2.87. The highest BCUT2D eigenvalue weighted by molar-refractivity contribution is 8.19. The van der Waals surface area contributed by atoms with Crippen LogP contribution in [0.2, 0.25) is 0 Å². The van der Waals surface area contributed by atoms with Crippen molar-refractivity contribution in [1.82, 2.24) is 5.32 Å². The van der Waals surface area contributed by atoms with E-state index in [0.717, 1.165) is 21.6 Å². The highest BCUT2D eigenvalue weighted by atomic mass is 32.2. The van der Waals surface area contributed by atoms with Gasteiger partial charge in [-0.25, -0.2) is 4.79 Å². The molecule has 1 amide bonds. The van der Waals surface area contributed by atoms with Gasteiger partial charge in [0.25, 0.3) is 0 Å². The Morgan fingerprint density at radius 1 is 1.32 bits per heavy atom. The third kappa shape index (κ3) is 4.93. The molecule has 1 aliphatic rings. The van der Waals surface area contributed by atoms with Crippen LogP contribution in [0.25, 0.3) is 6.08 Å². The van der Waals surface area contributed by atoms with Crippen molar-refractivity contribution < 1.29 is 19.1 Å². The number of hydrogen-bond acceptors (Lipinski definition) is 6. The molecule has 0 bridgehead atoms. The lowest BCUT2D eigenvalue weighted by Gasteiger charge is -2.13. The van der Waals surface area contributed by atoms with E-state index < -0.39 is 16.0 Å². The minimum atomic E-state index is -0.445. The third-order valence-electron chi connectivity index (χ3n) is 3.55. The Morgan fingerprint density at radius 3 is 2.48 bits per heavy atom. The van der Waals surface area contributed by atoms with E-state index in [9.17, 15) is 9.59 Å². The van der Waals surface area contributed by atoms with Crippen molar-refractivity contribution in [2.45, 2.75) is 20.8 Å². The SMILES string of the molecule is COC(=O)COc1c(C)cc(C=CC(C)=[S-]2=CC(=O)NC2=S)cc1C. The Hall–Kier alpha value is -2.12. The van der Waals surface area contributed by atoms with Crippen molar-refractivity contribution in [2.75, 3.05) is 13.7 Å². The Bertz CT molecular complexity index is 839. The number of ether oxygens (including phenoxy) is 2. The second kappa shape index (κ2) is 8.31. The second-order valence-electron chi connectivity index (χ2n) is 5.52. The first-order valence-corrected chi connectivity index (χ1v) is 9.27. The van der Waals surface area contributed by atoms with E-state index >= 15 is 0 Å². The first-order chi connectivity index (χ1) is 11.8. The maximum atomic E-state index is 11.4. The van der Waals surface area contributed by atoms with E-state index in [1.54, 1.807) is 5.37 Å². The molecule has 5 nitrogen and oxygen atoms in total. The van der Waals surface area contributed by atoms with E-state index in [2.05, 4.69) is 10.1 Å². The number of benzene rings is 1. The molecule has 1 aliphatic heterocycles. The Kier molecular flexibility index (Phi) is 6.39. The van der Waals surface area contributed by atoms with E-state index in [-0.39, 0.29) is 12.5 Å². The van der Waals surface area contributed by atoms with Gasteiger partial charge < -0.3 is 24.9 Å². The number of allylic oxidation sites excluding steroid dienone is 1. The molecule has 0 unspecified atom stereocenters. The monoisotopic (exact) mass is 378 g/mol. The van der Waals surface area contributed by atoms with Crippen LogP contribution in [0.1, 0.15) is 23.6 Å². The quantitative estimate of drug-likeness (QED) is 0.367. The molecule has 2 rings (SSSR count). The van der Waals surface area contributed by atoms with Crippen molar-refractivity contribution in [3.05, 3.63) is 34.9 Å². The minimum Gasteiger partial charge on any atom is -0.481 e. The number of carbonyl (C=O) groups is 2. The lowest BCUT2D eigenvalue weighted by molar-refractivity contribution is -0.142. The molecule has 0 radical (unpaired) electrons. The molecule has 134 valence electrons. The molecule has 25 heavy (non-hydrogen) atoms. The van der Waals surface area contributed by atoms with Gasteiger partial charge in [-0.2, -0.15) is 4.86 Å². The average Bonchev–Trinajstić information content (AvgIpc) is 2.90. The lowest BCUT2D eigenvalue weighted by Crippen LogP contribution is -2.21. The van der Waals surface area contributed by atoms with Gasteiger partial charge >= 0.3 is 5.97 Å². The zero-order valence-electron chi connectivity index (χ0n) is 14.5. The summed E-state index contributed by atoms with van der Waals surface area (Å²) >= 11 is 5.18. The highest BCUT2D eigenvalue weighted by Gasteiger charge is 2.08. The fraction of sp³-hybridized carbons (Fsp3) is 0.278. The molecule has 1 N–H and O–H groups in total. The standard InChI is InChI=1S/C18H20NO4S2/c1-11-7-14(8-12(2)17(11)23-9-16(21)22-4)6-5-13(3)25-10-15(20)19-18(25)24/h5-8,10H,9H2,1-4H3,(H,19,20,24)/q-1. The number of esters is 1. The molecule has 1 heterocycles. The van der Waals surface area contributed by atoms with Gasteiger partial charge in [0.1, 0.15) is 5.75 Å². The molecular formula is C18H20NO4S2-. The van der Waals surface area contributed by atoms with Crippen molar-refractivity contribution in [3.63, 3.8) is 0 Å². The van der Waals surface area contributed by atoms with Crippen LogP contribution in [-0.2, 0) is 24.4 Å². The number of rotatable bonds is 5. The summed E-state index contributed by atoms with van der Waals surface area (Å²) < 4.78 is 10.7. The Morgan fingerprint density at radius 2 is 1.96 bits per heavy atom. The summed E-state index contributed by atoms with van der Waals surface area (Å²) in [4.78, 5) is 23.6. The number of nitrogens with one attached hydrogen (secondary N) is 1. The molecule has 0 spiro atoms. The van der Waals surface area contributed by atoms with Crippen molar-refractivity contribution in [1.29, 1.82) is 0 Å². The molecule has 0 saturated heterocycles. The van der Waals surface area contributed by atoms with Gasteiger partial charge in [0, 0.05) is 0 Å². The summed E-state index contributed by atoms with van der Waals surface area (Å²) in [5, 5.41) is 4.25. The van der Waals surface area contributed by atoms with Crippen LogP contribution in [0, 0.1) is 13.8 Å². The van der Waals surface area contributed by atoms with Gasteiger partial charge in [-0.1, -0.05) is 31.3 Å². The zero-order valence-corrected chi connectivity index (χ0v) is 16.2. The normalized spacial score (nSPS) is 17.3. The molecule has 1 aromatic carbocycles. The molecular weight excluding hydrogens is 358 g/mol. The highest BCUT2D eigenvalue weighted by Crippen LogP contribution is 2.25. The maximum Gasteiger partial charge on any atom is 0.343 e. The summed E-state index contributed by atoms with van der Waals surface area (Å²) in [7, 11) is 0.883. The average molecular weight is 378 g/mol. The van der Waals surface area contributed by atoms with Gasteiger partial charge in [0.05, 0.1) is 7.11 Å². The third-order valence-corrected chi connectivity index (χ3v) is 5.97. The molecule has 0 fully saturated rings. The van der Waals surface area contributed by atoms with Crippen LogP contribution in [-0.4, -0.2) is 40.1 Å². The molecule has 7 heteroatoms. The smallest absolute Gasteiger partial charge is 0.343 e. The fourth-order valence-corrected chi connectivity index (χ4v) is 4.29. The number of aryl methyl sites for hydroxylation is 2.